The van der Waals surface area contributed by atoms with E-state index in [-0.39, 0.29) is 0 Å². The molecule has 0 aromatic rings. The summed E-state index contributed by atoms with van der Waals surface area (Å²) in [4.78, 5) is 2.72. The van der Waals surface area contributed by atoms with E-state index in [1.165, 1.54) is 51.7 Å². The minimum absolute atomic E-state index is 0.703. The Morgan fingerprint density at radius 1 is 1.19 bits per heavy atom. The van der Waals surface area contributed by atoms with Gasteiger partial charge in [0.1, 0.15) is 0 Å². The molecular weight excluding hydrogens is 196 g/mol. The maximum Gasteiger partial charge on any atom is 0.0209 e. The van der Waals surface area contributed by atoms with Gasteiger partial charge in [0.05, 0.1) is 0 Å². The predicted octanol–water partition coefficient (Wildman–Crippen LogP) is 2.25. The Balaban J connectivity index is 1.46. The third kappa shape index (κ3) is 2.28. The molecule has 2 nitrogen and oxygen atoms in total. The summed E-state index contributed by atoms with van der Waals surface area (Å²) >= 11 is 0. The first-order valence-electron chi connectivity index (χ1n) is 7.16. The fraction of sp³-hybridized carbons (Fsp3) is 1.00. The predicted molar refractivity (Wildman–Crippen MR) is 67.5 cm³/mol. The third-order valence-corrected chi connectivity index (χ3v) is 4.98. The second-order valence-electron chi connectivity index (χ2n) is 6.68. The summed E-state index contributed by atoms with van der Waals surface area (Å²) in [5.74, 6) is 0.878. The van der Waals surface area contributed by atoms with Gasteiger partial charge >= 0.3 is 0 Å². The fourth-order valence-electron chi connectivity index (χ4n) is 3.22. The summed E-state index contributed by atoms with van der Waals surface area (Å²) in [6.45, 7) is 8.82. The number of likely N-dealkylation sites (tertiary alicyclic amines) is 1. The zero-order valence-corrected chi connectivity index (χ0v) is 10.8. The first kappa shape index (κ1) is 11.0. The molecule has 1 saturated heterocycles. The second-order valence-corrected chi connectivity index (χ2v) is 6.68. The Hall–Kier alpha value is -0.0800. The minimum Gasteiger partial charge on any atom is -0.310 e. The average molecular weight is 222 g/mol. The van der Waals surface area contributed by atoms with E-state index in [4.69, 9.17) is 0 Å². The molecule has 0 aromatic heterocycles. The topological polar surface area (TPSA) is 15.3 Å². The standard InChI is InChI=1S/C14H26N2/c1-11(2)14(6-7-14)10-16-8-5-13(9-16)15-12-3-4-12/h11-13,15H,3-10H2,1-2H3. The van der Waals surface area contributed by atoms with Crippen molar-refractivity contribution in [2.24, 2.45) is 11.3 Å². The van der Waals surface area contributed by atoms with Crippen LogP contribution in [0.2, 0.25) is 0 Å². The summed E-state index contributed by atoms with van der Waals surface area (Å²) in [6.07, 6.45) is 7.17. The molecule has 0 radical (unpaired) electrons. The van der Waals surface area contributed by atoms with Crippen molar-refractivity contribution in [3.05, 3.63) is 0 Å². The maximum absolute atomic E-state index is 3.78. The smallest absolute Gasteiger partial charge is 0.0209 e. The number of nitrogens with one attached hydrogen (secondary N) is 1. The van der Waals surface area contributed by atoms with Crippen LogP contribution < -0.4 is 5.32 Å². The third-order valence-electron chi connectivity index (χ3n) is 4.98. The second kappa shape index (κ2) is 3.99. The van der Waals surface area contributed by atoms with Crippen molar-refractivity contribution in [3.8, 4) is 0 Å². The lowest BCUT2D eigenvalue weighted by Gasteiger charge is -2.26. The van der Waals surface area contributed by atoms with E-state index in [0.717, 1.165) is 18.0 Å². The van der Waals surface area contributed by atoms with Gasteiger partial charge in [0.15, 0.2) is 0 Å². The van der Waals surface area contributed by atoms with Gasteiger partial charge in [0.2, 0.25) is 0 Å². The van der Waals surface area contributed by atoms with Crippen LogP contribution in [-0.2, 0) is 0 Å². The van der Waals surface area contributed by atoms with Gasteiger partial charge in [-0.3, -0.25) is 0 Å². The first-order chi connectivity index (χ1) is 7.68. The van der Waals surface area contributed by atoms with Crippen molar-refractivity contribution < 1.29 is 0 Å². The van der Waals surface area contributed by atoms with Crippen LogP contribution in [0, 0.1) is 11.3 Å². The highest BCUT2D eigenvalue weighted by molar-refractivity contribution is 4.99. The molecule has 1 N–H and O–H groups in total. The van der Waals surface area contributed by atoms with Crippen molar-refractivity contribution >= 4 is 0 Å². The van der Waals surface area contributed by atoms with Crippen LogP contribution in [0.15, 0.2) is 0 Å². The number of rotatable bonds is 5. The van der Waals surface area contributed by atoms with Crippen LogP contribution in [0.3, 0.4) is 0 Å². The van der Waals surface area contributed by atoms with Crippen LogP contribution in [0.25, 0.3) is 0 Å². The number of hydrogen-bond acceptors (Lipinski definition) is 2. The van der Waals surface area contributed by atoms with Crippen LogP contribution in [0.1, 0.15) is 46.0 Å². The molecule has 1 aliphatic heterocycles. The van der Waals surface area contributed by atoms with Crippen LogP contribution >= 0.6 is 0 Å². The van der Waals surface area contributed by atoms with E-state index in [2.05, 4.69) is 24.1 Å². The fourth-order valence-corrected chi connectivity index (χ4v) is 3.22. The van der Waals surface area contributed by atoms with Gasteiger partial charge in [-0.25, -0.2) is 0 Å². The molecule has 2 heteroatoms. The largest absolute Gasteiger partial charge is 0.310 e. The van der Waals surface area contributed by atoms with Gasteiger partial charge in [-0.05, 0) is 50.0 Å². The molecule has 3 fully saturated rings. The summed E-state index contributed by atoms with van der Waals surface area (Å²) in [6, 6.07) is 1.68. The zero-order valence-electron chi connectivity index (χ0n) is 10.8. The summed E-state index contributed by atoms with van der Waals surface area (Å²) in [5, 5.41) is 3.78. The molecule has 2 aliphatic carbocycles. The van der Waals surface area contributed by atoms with Gasteiger partial charge in [0, 0.05) is 25.2 Å². The highest BCUT2D eigenvalue weighted by Crippen LogP contribution is 2.52. The van der Waals surface area contributed by atoms with E-state index >= 15 is 0 Å². The van der Waals surface area contributed by atoms with E-state index in [1.54, 1.807) is 0 Å². The Labute approximate surface area is 99.8 Å². The quantitative estimate of drug-likeness (QED) is 0.767. The normalized spacial score (nSPS) is 33.6. The summed E-state index contributed by atoms with van der Waals surface area (Å²) < 4.78 is 0. The van der Waals surface area contributed by atoms with Gasteiger partial charge in [-0.15, -0.1) is 0 Å². The van der Waals surface area contributed by atoms with E-state index in [0.29, 0.717) is 5.41 Å². The van der Waals surface area contributed by atoms with Crippen LogP contribution in [0.5, 0.6) is 0 Å². The molecule has 0 spiro atoms. The molecule has 92 valence electrons. The minimum atomic E-state index is 0.703. The SMILES string of the molecule is CC(C)C1(CN2CCC(NC3CC3)C2)CC1. The molecule has 16 heavy (non-hydrogen) atoms. The van der Waals surface area contributed by atoms with E-state index < -0.39 is 0 Å². The molecule has 1 heterocycles. The van der Waals surface area contributed by atoms with Crippen molar-refractivity contribution in [3.63, 3.8) is 0 Å². The Kier molecular flexibility index (Phi) is 2.75. The molecule has 2 saturated carbocycles. The Morgan fingerprint density at radius 3 is 2.50 bits per heavy atom. The molecule has 3 rings (SSSR count). The maximum atomic E-state index is 3.78. The molecule has 3 aliphatic rings. The summed E-state index contributed by atoms with van der Waals surface area (Å²) in [5.41, 5.74) is 0.703. The first-order valence-corrected chi connectivity index (χ1v) is 7.16. The lowest BCUT2D eigenvalue weighted by atomic mass is 9.92. The molecule has 1 unspecified atom stereocenters. The number of hydrogen-bond donors (Lipinski definition) is 1. The highest BCUT2D eigenvalue weighted by atomic mass is 15.2. The van der Waals surface area contributed by atoms with Crippen molar-refractivity contribution in [2.75, 3.05) is 19.6 Å². The zero-order chi connectivity index (χ0) is 11.2. The summed E-state index contributed by atoms with van der Waals surface area (Å²) in [7, 11) is 0. The van der Waals surface area contributed by atoms with Gasteiger partial charge in [0.25, 0.3) is 0 Å². The van der Waals surface area contributed by atoms with E-state index in [9.17, 15) is 0 Å². The number of nitrogens with zero attached hydrogens (tertiary/aromatic N) is 1. The van der Waals surface area contributed by atoms with Gasteiger partial charge < -0.3 is 10.2 Å². The van der Waals surface area contributed by atoms with Crippen molar-refractivity contribution in [1.82, 2.24) is 10.2 Å². The van der Waals surface area contributed by atoms with E-state index in [1.807, 2.05) is 0 Å². The lowest BCUT2D eigenvalue weighted by molar-refractivity contribution is 0.214. The Morgan fingerprint density at radius 2 is 1.94 bits per heavy atom. The van der Waals surface area contributed by atoms with Crippen molar-refractivity contribution in [1.29, 1.82) is 0 Å². The molecule has 1 atom stereocenters. The molecule has 0 aromatic carbocycles. The highest BCUT2D eigenvalue weighted by Gasteiger charge is 2.47. The van der Waals surface area contributed by atoms with Gasteiger partial charge in [-0.1, -0.05) is 13.8 Å². The molecule has 0 amide bonds. The molecule has 0 bridgehead atoms. The Bertz CT molecular complexity index is 253. The average Bonchev–Trinajstić information content (AvgIpc) is 3.10. The van der Waals surface area contributed by atoms with Crippen LogP contribution in [-0.4, -0.2) is 36.6 Å². The lowest BCUT2D eigenvalue weighted by Crippen LogP contribution is -2.36. The van der Waals surface area contributed by atoms with Gasteiger partial charge in [-0.2, -0.15) is 0 Å². The van der Waals surface area contributed by atoms with Crippen LogP contribution in [0.4, 0.5) is 0 Å². The molecular formula is C14H26N2. The van der Waals surface area contributed by atoms with Crippen molar-refractivity contribution in [2.45, 2.75) is 58.0 Å². The monoisotopic (exact) mass is 222 g/mol.